The molecule has 2 unspecified atom stereocenters. The van der Waals surface area contributed by atoms with Crippen LogP contribution in [0, 0.1) is 0 Å². The topological polar surface area (TPSA) is 181 Å². The number of thiocarbonyl (C=S) groups is 1. The first-order valence-corrected chi connectivity index (χ1v) is 18.4. The first kappa shape index (κ1) is 36.9. The largest absolute Gasteiger partial charge is 0.479 e. The van der Waals surface area contributed by atoms with Gasteiger partial charge in [0.2, 0.25) is 10.2 Å². The lowest BCUT2D eigenvalue weighted by Crippen LogP contribution is -2.70. The van der Waals surface area contributed by atoms with Crippen LogP contribution in [-0.4, -0.2) is 105 Å². The van der Waals surface area contributed by atoms with E-state index in [2.05, 4.69) is 20.8 Å². The van der Waals surface area contributed by atoms with Gasteiger partial charge < -0.3 is 24.3 Å². The van der Waals surface area contributed by atoms with Crippen molar-refractivity contribution in [1.29, 1.82) is 0 Å². The summed E-state index contributed by atoms with van der Waals surface area (Å²) >= 11 is 6.78. The van der Waals surface area contributed by atoms with Crippen molar-refractivity contribution < 1.29 is 41.7 Å². The summed E-state index contributed by atoms with van der Waals surface area (Å²) in [5.41, 5.74) is 0.789. The highest BCUT2D eigenvalue weighted by atomic mass is 32.2. The van der Waals surface area contributed by atoms with Crippen molar-refractivity contribution in [2.75, 3.05) is 25.2 Å². The smallest absolute Gasteiger partial charge is 0.408 e. The average molecular weight is 745 g/mol. The molecule has 18 heteroatoms. The van der Waals surface area contributed by atoms with E-state index in [0.717, 1.165) is 16.7 Å². The molecule has 1 saturated heterocycles. The molecular weight excluding hydrogens is 709 g/mol. The molecule has 3 aromatic rings. The van der Waals surface area contributed by atoms with E-state index in [9.17, 15) is 22.8 Å². The molecule has 1 aromatic heterocycles. The fraction of sp³-hybridized carbons (Fsp3) is 0.406. The van der Waals surface area contributed by atoms with E-state index in [1.54, 1.807) is 52.1 Å². The van der Waals surface area contributed by atoms with Gasteiger partial charge in [0.15, 0.2) is 33.5 Å². The number of ether oxygens (including phenoxy) is 4. The molecule has 0 bridgehead atoms. The molecule has 1 fully saturated rings. The predicted molar refractivity (Wildman–Crippen MR) is 184 cm³/mol. The van der Waals surface area contributed by atoms with Crippen molar-refractivity contribution in [3.05, 3.63) is 83.1 Å². The number of amides is 2. The molecule has 2 aliphatic rings. The van der Waals surface area contributed by atoms with Crippen LogP contribution >= 0.6 is 24.0 Å². The fourth-order valence-corrected chi connectivity index (χ4v) is 8.61. The molecule has 0 saturated carbocycles. The van der Waals surface area contributed by atoms with E-state index in [1.165, 1.54) is 11.8 Å². The van der Waals surface area contributed by atoms with Gasteiger partial charge in [0.05, 0.1) is 5.75 Å². The lowest BCUT2D eigenvalue weighted by atomic mass is 10.0. The van der Waals surface area contributed by atoms with Crippen LogP contribution in [0.15, 0.2) is 77.1 Å². The monoisotopic (exact) mass is 744 g/mol. The Labute approximate surface area is 298 Å². The van der Waals surface area contributed by atoms with Crippen molar-refractivity contribution in [2.45, 2.75) is 55.2 Å². The van der Waals surface area contributed by atoms with Crippen LogP contribution in [-0.2, 0) is 45.4 Å². The number of methoxy groups -OCH3 is 1. The number of nitrogens with one attached hydrogen (secondary N) is 1. The van der Waals surface area contributed by atoms with Crippen LogP contribution in [0.5, 0.6) is 0 Å². The average Bonchev–Trinajstić information content (AvgIpc) is 3.48. The highest BCUT2D eigenvalue weighted by Gasteiger charge is 2.60. The summed E-state index contributed by atoms with van der Waals surface area (Å²) < 4.78 is 50.6. The molecule has 5 rings (SSSR count). The van der Waals surface area contributed by atoms with Gasteiger partial charge in [-0.3, -0.25) is 9.69 Å². The van der Waals surface area contributed by atoms with Gasteiger partial charge in [0.25, 0.3) is 5.91 Å². The summed E-state index contributed by atoms with van der Waals surface area (Å²) in [6, 6.07) is 16.7. The fourth-order valence-electron chi connectivity index (χ4n) is 5.28. The number of nitrogens with zero attached hydrogens (tertiary/aromatic N) is 5. The first-order chi connectivity index (χ1) is 23.7. The zero-order valence-electron chi connectivity index (χ0n) is 27.8. The van der Waals surface area contributed by atoms with Crippen LogP contribution in [0.2, 0.25) is 0 Å². The van der Waals surface area contributed by atoms with Crippen molar-refractivity contribution in [3.63, 3.8) is 0 Å². The number of rotatable bonds is 12. The van der Waals surface area contributed by atoms with Gasteiger partial charge in [0, 0.05) is 19.9 Å². The van der Waals surface area contributed by atoms with Crippen LogP contribution in [0.4, 0.5) is 4.79 Å². The Morgan fingerprint density at radius 3 is 2.24 bits per heavy atom. The van der Waals surface area contributed by atoms with E-state index in [-0.39, 0.29) is 22.1 Å². The third-order valence-electron chi connectivity index (χ3n) is 7.51. The normalized spacial score (nSPS) is 18.9. The maximum atomic E-state index is 13.9. The summed E-state index contributed by atoms with van der Waals surface area (Å²) in [5, 5.41) is 12.6. The molecule has 2 aromatic carbocycles. The number of β-lactam (4-membered cyclic amide) rings is 1. The maximum Gasteiger partial charge on any atom is 0.408 e. The first-order valence-electron chi connectivity index (χ1n) is 15.3. The summed E-state index contributed by atoms with van der Waals surface area (Å²) in [5.74, 6) is -1.89. The number of thioether (sulfide) groups is 1. The Bertz CT molecular complexity index is 1840. The standard InChI is InChI=1S/C32H36N6O9S3/c1-32(2,3)47-31(41)33-22(28(40)46-24(19-12-8-6-9-13-19)20-14-10-7-11-15-20)16-45-29(48)23-21(17-49-30-34-35-36-37(30)4)18-50(42,43)27-25(44-5)26(39)38(23)27/h6-15,22,24-25,27H,16-18H2,1-5H3,(H,33,41)/t22?,25-,27?/m0/s1. The lowest BCUT2D eigenvalue weighted by molar-refractivity contribution is -0.158. The minimum atomic E-state index is -3.89. The highest BCUT2D eigenvalue weighted by molar-refractivity contribution is 7.99. The highest BCUT2D eigenvalue weighted by Crippen LogP contribution is 2.40. The van der Waals surface area contributed by atoms with Gasteiger partial charge >= 0.3 is 12.1 Å². The number of aromatic nitrogens is 4. The quantitative estimate of drug-likeness (QED) is 0.124. The lowest BCUT2D eigenvalue weighted by Gasteiger charge is -2.49. The van der Waals surface area contributed by atoms with Gasteiger partial charge in [0.1, 0.15) is 17.9 Å². The summed E-state index contributed by atoms with van der Waals surface area (Å²) in [6.45, 7) is 4.46. The molecule has 1 N–H and O–H groups in total. The van der Waals surface area contributed by atoms with Gasteiger partial charge in [-0.1, -0.05) is 72.4 Å². The number of hydrogen-bond acceptors (Lipinski definition) is 14. The molecule has 2 amide bonds. The maximum absolute atomic E-state index is 13.9. The van der Waals surface area contributed by atoms with Crippen molar-refractivity contribution >= 4 is 56.8 Å². The number of fused-ring (bicyclic) bond motifs is 1. The summed E-state index contributed by atoms with van der Waals surface area (Å²) in [4.78, 5) is 41.0. The molecule has 0 radical (unpaired) electrons. The van der Waals surface area contributed by atoms with Crippen LogP contribution in [0.1, 0.15) is 38.0 Å². The van der Waals surface area contributed by atoms with Gasteiger partial charge in [-0.25, -0.2) is 22.7 Å². The number of aryl methyl sites for hydroxylation is 1. The second-order valence-corrected chi connectivity index (χ2v) is 15.7. The number of carbonyl (C=O) groups excluding carboxylic acids is 3. The molecule has 2 aliphatic heterocycles. The predicted octanol–water partition coefficient (Wildman–Crippen LogP) is 2.74. The van der Waals surface area contributed by atoms with Crippen molar-refractivity contribution in [2.24, 2.45) is 7.05 Å². The van der Waals surface area contributed by atoms with E-state index >= 15 is 0 Å². The van der Waals surface area contributed by atoms with E-state index in [0.29, 0.717) is 16.3 Å². The number of esters is 1. The minimum absolute atomic E-state index is 0.0396. The Morgan fingerprint density at radius 1 is 1.08 bits per heavy atom. The Hall–Kier alpha value is -4.39. The van der Waals surface area contributed by atoms with Gasteiger partial charge in [-0.05, 0) is 60.1 Å². The molecular formula is C32H36N6O9S3. The van der Waals surface area contributed by atoms with Crippen LogP contribution in [0.3, 0.4) is 0 Å². The third-order valence-corrected chi connectivity index (χ3v) is 10.9. The van der Waals surface area contributed by atoms with Crippen LogP contribution < -0.4 is 5.32 Å². The zero-order valence-corrected chi connectivity index (χ0v) is 30.3. The molecule has 0 aliphatic carbocycles. The molecule has 3 heterocycles. The molecule has 0 spiro atoms. The van der Waals surface area contributed by atoms with Gasteiger partial charge in [-0.15, -0.1) is 5.10 Å². The van der Waals surface area contributed by atoms with E-state index in [1.807, 2.05) is 36.4 Å². The third kappa shape index (κ3) is 8.31. The molecule has 50 heavy (non-hydrogen) atoms. The van der Waals surface area contributed by atoms with Gasteiger partial charge in [-0.2, -0.15) is 0 Å². The van der Waals surface area contributed by atoms with Crippen molar-refractivity contribution in [1.82, 2.24) is 30.4 Å². The van der Waals surface area contributed by atoms with Crippen LogP contribution in [0.25, 0.3) is 0 Å². The Kier molecular flexibility index (Phi) is 11.2. The number of hydrogen-bond donors (Lipinski definition) is 1. The zero-order chi connectivity index (χ0) is 36.2. The second-order valence-electron chi connectivity index (χ2n) is 12.3. The van der Waals surface area contributed by atoms with E-state index in [4.69, 9.17) is 31.2 Å². The minimum Gasteiger partial charge on any atom is -0.479 e. The molecule has 266 valence electrons. The Morgan fingerprint density at radius 2 is 1.70 bits per heavy atom. The Balaban J connectivity index is 1.43. The molecule has 15 nitrogen and oxygen atoms in total. The number of alkyl carbamates (subject to hydrolysis) is 1. The van der Waals surface area contributed by atoms with Crippen molar-refractivity contribution in [3.8, 4) is 0 Å². The van der Waals surface area contributed by atoms with E-state index < -0.39 is 69.4 Å². The summed E-state index contributed by atoms with van der Waals surface area (Å²) in [6.07, 6.45) is -2.97. The SMILES string of the molecule is CO[C@H]1C(=O)N2C(C(=S)OCC(NC(=O)OC(C)(C)C)C(=O)OC(c3ccccc3)c3ccccc3)=C(CSc3nnnn3C)CS(=O)(=O)C12. The number of carbonyl (C=O) groups is 3. The molecule has 3 atom stereocenters. The second kappa shape index (κ2) is 15.2. The summed E-state index contributed by atoms with van der Waals surface area (Å²) in [7, 11) is -1.02. The number of tetrazole rings is 1. The number of sulfone groups is 1. The number of benzene rings is 2.